The average molecular weight is 429 g/mol. The highest BCUT2D eigenvalue weighted by Gasteiger charge is 2.68. The summed E-state index contributed by atoms with van der Waals surface area (Å²) in [5.41, 5.74) is 1.94. The molecule has 7 atom stereocenters. The van der Waals surface area contributed by atoms with Gasteiger partial charge in [0, 0.05) is 23.3 Å². The minimum Gasteiger partial charge on any atom is -0.462 e. The molecule has 4 fully saturated rings. The summed E-state index contributed by atoms with van der Waals surface area (Å²) in [6.07, 6.45) is 9.23. The second kappa shape index (κ2) is 7.49. The van der Waals surface area contributed by atoms with Crippen molar-refractivity contribution in [2.24, 2.45) is 34.0 Å². The molecular weight excluding hydrogens is 388 g/mol. The third kappa shape index (κ3) is 3.23. The van der Waals surface area contributed by atoms with Gasteiger partial charge in [-0.1, -0.05) is 33.4 Å². The Morgan fingerprint density at radius 1 is 1.00 bits per heavy atom. The van der Waals surface area contributed by atoms with Gasteiger partial charge in [-0.3, -0.25) is 4.79 Å². The van der Waals surface area contributed by atoms with Crippen LogP contribution in [0.15, 0.2) is 23.8 Å². The summed E-state index contributed by atoms with van der Waals surface area (Å²) in [7, 11) is 0. The third-order valence-electron chi connectivity index (χ3n) is 9.96. The number of hydrogen-bond donors (Lipinski definition) is 0. The highest BCUT2D eigenvalue weighted by molar-refractivity contribution is 5.88. The van der Waals surface area contributed by atoms with Crippen molar-refractivity contribution < 1.29 is 19.1 Å². The van der Waals surface area contributed by atoms with Crippen molar-refractivity contribution in [2.75, 3.05) is 0 Å². The first-order valence-electron chi connectivity index (χ1n) is 12.2. The Kier molecular flexibility index (Phi) is 5.46. The number of fused-ring (bicyclic) bond motifs is 3. The lowest BCUT2D eigenvalue weighted by Gasteiger charge is -2.65. The van der Waals surface area contributed by atoms with Crippen molar-refractivity contribution in [2.45, 2.75) is 98.7 Å². The standard InChI is InChI=1S/C27H40O4/c1-8-16(2)24(29)31-23-17(3)19-9-10-21-26(7)13-12-22(30-18(4)28)25(5,6)20(26)11-14-27(21,23)15-19/h8,19-23H,3,9-15H2,1-2,4-7H3/b16-8-/t19-,20-,21+,22-,23-,26-,27-/m1/s1. The molecule has 4 saturated carbocycles. The highest BCUT2D eigenvalue weighted by atomic mass is 16.5. The first-order valence-corrected chi connectivity index (χ1v) is 12.2. The van der Waals surface area contributed by atoms with E-state index in [1.165, 1.54) is 13.3 Å². The largest absolute Gasteiger partial charge is 0.462 e. The van der Waals surface area contributed by atoms with Crippen LogP contribution < -0.4 is 0 Å². The van der Waals surface area contributed by atoms with Gasteiger partial charge in [0.1, 0.15) is 12.2 Å². The van der Waals surface area contributed by atoms with Gasteiger partial charge in [0.15, 0.2) is 0 Å². The Labute approximate surface area is 187 Å². The summed E-state index contributed by atoms with van der Waals surface area (Å²) in [4.78, 5) is 24.5. The molecule has 0 aromatic carbocycles. The van der Waals surface area contributed by atoms with Crippen LogP contribution in [-0.2, 0) is 19.1 Å². The maximum absolute atomic E-state index is 12.8. The number of hydrogen-bond acceptors (Lipinski definition) is 4. The fraction of sp³-hybridized carbons (Fsp3) is 0.778. The average Bonchev–Trinajstić information content (AvgIpc) is 2.89. The quantitative estimate of drug-likeness (QED) is 0.314. The van der Waals surface area contributed by atoms with Crippen LogP contribution in [0, 0.1) is 34.0 Å². The van der Waals surface area contributed by atoms with Crippen molar-refractivity contribution in [3.63, 3.8) is 0 Å². The van der Waals surface area contributed by atoms with Crippen molar-refractivity contribution in [1.29, 1.82) is 0 Å². The van der Waals surface area contributed by atoms with Gasteiger partial charge in [-0.25, -0.2) is 4.79 Å². The minimum absolute atomic E-state index is 0.0132. The topological polar surface area (TPSA) is 52.6 Å². The predicted octanol–water partition coefficient (Wildman–Crippen LogP) is 6.00. The van der Waals surface area contributed by atoms with E-state index < -0.39 is 0 Å². The summed E-state index contributed by atoms with van der Waals surface area (Å²) < 4.78 is 12.0. The number of carbonyl (C=O) groups excluding carboxylic acids is 2. The van der Waals surface area contributed by atoms with Crippen molar-refractivity contribution in [3.8, 4) is 0 Å². The lowest BCUT2D eigenvalue weighted by Crippen LogP contribution is -2.61. The van der Waals surface area contributed by atoms with Crippen LogP contribution in [0.2, 0.25) is 0 Å². The number of rotatable bonds is 3. The molecule has 31 heavy (non-hydrogen) atoms. The lowest BCUT2D eigenvalue weighted by molar-refractivity contribution is -0.210. The summed E-state index contributed by atoms with van der Waals surface area (Å²) in [5, 5.41) is 0. The molecule has 4 aliphatic carbocycles. The fourth-order valence-corrected chi connectivity index (χ4v) is 8.46. The highest BCUT2D eigenvalue weighted by Crippen LogP contribution is 2.72. The normalized spacial score (nSPS) is 43.6. The Morgan fingerprint density at radius 3 is 2.35 bits per heavy atom. The van der Waals surface area contributed by atoms with Crippen LogP contribution in [0.25, 0.3) is 0 Å². The van der Waals surface area contributed by atoms with E-state index in [1.807, 2.05) is 19.9 Å². The second-order valence-corrected chi connectivity index (χ2v) is 11.7. The zero-order chi connectivity index (χ0) is 22.8. The van der Waals surface area contributed by atoms with Gasteiger partial charge in [0.05, 0.1) is 0 Å². The minimum atomic E-state index is -0.194. The van der Waals surface area contributed by atoms with Crippen molar-refractivity contribution in [3.05, 3.63) is 23.8 Å². The molecule has 0 N–H and O–H groups in total. The van der Waals surface area contributed by atoms with Gasteiger partial charge in [-0.05, 0) is 87.5 Å². The van der Waals surface area contributed by atoms with Gasteiger partial charge >= 0.3 is 11.9 Å². The van der Waals surface area contributed by atoms with Gasteiger partial charge in [0.2, 0.25) is 0 Å². The molecule has 4 aliphatic rings. The molecule has 0 unspecified atom stereocenters. The Balaban J connectivity index is 1.68. The van der Waals surface area contributed by atoms with E-state index >= 15 is 0 Å². The number of carbonyl (C=O) groups is 2. The van der Waals surface area contributed by atoms with Gasteiger partial charge in [-0.15, -0.1) is 0 Å². The fourth-order valence-electron chi connectivity index (χ4n) is 8.46. The van der Waals surface area contributed by atoms with Crippen LogP contribution in [0.1, 0.15) is 86.5 Å². The van der Waals surface area contributed by atoms with Crippen LogP contribution in [0.4, 0.5) is 0 Å². The summed E-state index contributed by atoms with van der Waals surface area (Å²) >= 11 is 0. The summed E-state index contributed by atoms with van der Waals surface area (Å²) in [6.45, 7) is 16.8. The molecule has 4 nitrogen and oxygen atoms in total. The maximum atomic E-state index is 12.8. The first kappa shape index (κ1) is 22.6. The zero-order valence-corrected chi connectivity index (χ0v) is 20.3. The van der Waals surface area contributed by atoms with Crippen molar-refractivity contribution >= 4 is 11.9 Å². The Morgan fingerprint density at radius 2 is 1.71 bits per heavy atom. The molecule has 172 valence electrons. The van der Waals surface area contributed by atoms with Gasteiger partial charge in [-0.2, -0.15) is 0 Å². The molecule has 1 spiro atoms. The van der Waals surface area contributed by atoms with E-state index in [2.05, 4.69) is 27.4 Å². The molecule has 0 heterocycles. The van der Waals surface area contributed by atoms with Crippen LogP contribution in [-0.4, -0.2) is 24.1 Å². The van der Waals surface area contributed by atoms with E-state index in [0.29, 0.717) is 23.3 Å². The van der Waals surface area contributed by atoms with E-state index in [-0.39, 0.29) is 40.4 Å². The van der Waals surface area contributed by atoms with E-state index in [9.17, 15) is 9.59 Å². The van der Waals surface area contributed by atoms with E-state index in [1.54, 1.807) is 0 Å². The molecule has 0 aromatic rings. The molecule has 0 radical (unpaired) electrons. The Hall–Kier alpha value is -1.58. The number of esters is 2. The maximum Gasteiger partial charge on any atom is 0.333 e. The number of allylic oxidation sites excluding steroid dienone is 1. The molecule has 0 aliphatic heterocycles. The molecule has 2 bridgehead atoms. The zero-order valence-electron chi connectivity index (χ0n) is 20.3. The smallest absolute Gasteiger partial charge is 0.333 e. The van der Waals surface area contributed by atoms with Gasteiger partial charge in [0.25, 0.3) is 0 Å². The molecule has 4 rings (SSSR count). The summed E-state index contributed by atoms with van der Waals surface area (Å²) in [5.74, 6) is 1.11. The lowest BCUT2D eigenvalue weighted by atomic mass is 9.40. The second-order valence-electron chi connectivity index (χ2n) is 11.7. The molecule has 0 aromatic heterocycles. The van der Waals surface area contributed by atoms with E-state index in [4.69, 9.17) is 9.47 Å². The predicted molar refractivity (Wildman–Crippen MR) is 121 cm³/mol. The van der Waals surface area contributed by atoms with Crippen LogP contribution >= 0.6 is 0 Å². The molecule has 0 saturated heterocycles. The third-order valence-corrected chi connectivity index (χ3v) is 9.96. The molecule has 0 amide bonds. The summed E-state index contributed by atoms with van der Waals surface area (Å²) in [6, 6.07) is 0. The van der Waals surface area contributed by atoms with E-state index in [0.717, 1.165) is 44.1 Å². The monoisotopic (exact) mass is 428 g/mol. The molecular formula is C27H40O4. The van der Waals surface area contributed by atoms with Crippen LogP contribution in [0.3, 0.4) is 0 Å². The van der Waals surface area contributed by atoms with Gasteiger partial charge < -0.3 is 9.47 Å². The SMILES string of the molecule is C=C1[C@@H]2CC[C@H]3[C@]4(C)CC[C@@H](OC(C)=O)C(C)(C)[C@H]4CC[C@]3(C2)[C@@H]1OC(=O)/C(C)=C\C. The first-order chi connectivity index (χ1) is 14.5. The Bertz CT molecular complexity index is 823. The molecule has 4 heteroatoms. The van der Waals surface area contributed by atoms with Crippen molar-refractivity contribution in [1.82, 2.24) is 0 Å². The van der Waals surface area contributed by atoms with Crippen LogP contribution in [0.5, 0.6) is 0 Å². The number of ether oxygens (including phenoxy) is 2.